The predicted molar refractivity (Wildman–Crippen MR) is 116 cm³/mol. The second kappa shape index (κ2) is 11.1. The van der Waals surface area contributed by atoms with Crippen LogP contribution in [0, 0.1) is 0 Å². The standard InChI is InChI=1S/C23H32N2O8/c1-15(26)31-18-12-19(24(14-18)22(29)32-23(3,4)5)20(21(28)30-6)25(33-16(2)27)13-17-10-8-7-9-11-17/h7-11,18-20H,12-14H2,1-6H3/t18-,19+,20-/m1/s1. The summed E-state index contributed by atoms with van der Waals surface area (Å²) < 4.78 is 15.9. The number of carbonyl (C=O) groups excluding carboxylic acids is 4. The number of nitrogens with zero attached hydrogens (tertiary/aromatic N) is 2. The molecule has 3 atom stereocenters. The van der Waals surface area contributed by atoms with Crippen molar-refractivity contribution in [2.45, 2.75) is 71.4 Å². The lowest BCUT2D eigenvalue weighted by Gasteiger charge is -2.36. The molecule has 1 aliphatic rings. The van der Waals surface area contributed by atoms with E-state index in [0.29, 0.717) is 0 Å². The van der Waals surface area contributed by atoms with E-state index < -0.39 is 47.8 Å². The van der Waals surface area contributed by atoms with E-state index in [-0.39, 0.29) is 19.5 Å². The minimum Gasteiger partial charge on any atom is -0.468 e. The van der Waals surface area contributed by atoms with Gasteiger partial charge < -0.3 is 19.0 Å². The number of likely N-dealkylation sites (tertiary alicyclic amines) is 1. The van der Waals surface area contributed by atoms with Crippen molar-refractivity contribution in [1.29, 1.82) is 0 Å². The maximum atomic E-state index is 13.0. The van der Waals surface area contributed by atoms with Gasteiger partial charge in [0.15, 0.2) is 6.04 Å². The van der Waals surface area contributed by atoms with Crippen molar-refractivity contribution in [2.24, 2.45) is 0 Å². The highest BCUT2D eigenvalue weighted by Gasteiger charge is 2.49. The van der Waals surface area contributed by atoms with Crippen LogP contribution in [0.4, 0.5) is 4.79 Å². The zero-order chi connectivity index (χ0) is 24.8. The molecule has 2 rings (SSSR count). The van der Waals surface area contributed by atoms with Gasteiger partial charge in [0.2, 0.25) is 0 Å². The molecule has 0 saturated carbocycles. The van der Waals surface area contributed by atoms with Crippen LogP contribution in [-0.4, -0.2) is 71.4 Å². The fourth-order valence-electron chi connectivity index (χ4n) is 3.68. The van der Waals surface area contributed by atoms with Gasteiger partial charge in [0, 0.05) is 20.3 Å². The van der Waals surface area contributed by atoms with Gasteiger partial charge in [-0.2, -0.15) is 0 Å². The van der Waals surface area contributed by atoms with Crippen molar-refractivity contribution in [3.05, 3.63) is 35.9 Å². The summed E-state index contributed by atoms with van der Waals surface area (Å²) in [4.78, 5) is 56.1. The number of hydrogen-bond donors (Lipinski definition) is 0. The highest BCUT2D eigenvalue weighted by molar-refractivity contribution is 5.79. The fourth-order valence-corrected chi connectivity index (χ4v) is 3.68. The molecule has 0 aromatic heterocycles. The van der Waals surface area contributed by atoms with Gasteiger partial charge in [-0.15, -0.1) is 5.06 Å². The smallest absolute Gasteiger partial charge is 0.410 e. The highest BCUT2D eigenvalue weighted by atomic mass is 16.7. The lowest BCUT2D eigenvalue weighted by atomic mass is 10.0. The summed E-state index contributed by atoms with van der Waals surface area (Å²) in [6.45, 7) is 7.73. The van der Waals surface area contributed by atoms with Gasteiger partial charge in [0.05, 0.1) is 26.2 Å². The van der Waals surface area contributed by atoms with Crippen molar-refractivity contribution in [2.75, 3.05) is 13.7 Å². The molecule has 0 bridgehead atoms. The summed E-state index contributed by atoms with van der Waals surface area (Å²) in [5.41, 5.74) is -0.0207. The van der Waals surface area contributed by atoms with Crippen LogP contribution in [0.2, 0.25) is 0 Å². The van der Waals surface area contributed by atoms with Crippen molar-refractivity contribution in [3.63, 3.8) is 0 Å². The summed E-state index contributed by atoms with van der Waals surface area (Å²) in [5, 5.41) is 1.20. The van der Waals surface area contributed by atoms with E-state index in [1.54, 1.807) is 20.8 Å². The first-order chi connectivity index (χ1) is 15.4. The molecule has 1 amide bonds. The van der Waals surface area contributed by atoms with Crippen LogP contribution < -0.4 is 0 Å². The van der Waals surface area contributed by atoms with Gasteiger partial charge in [-0.1, -0.05) is 30.3 Å². The number of rotatable bonds is 7. The maximum absolute atomic E-state index is 13.0. The summed E-state index contributed by atoms with van der Waals surface area (Å²) in [5.74, 6) is -1.87. The van der Waals surface area contributed by atoms with Crippen LogP contribution in [0.3, 0.4) is 0 Å². The van der Waals surface area contributed by atoms with E-state index in [1.165, 1.54) is 30.9 Å². The lowest BCUT2D eigenvalue weighted by Crippen LogP contribution is -2.55. The molecular formula is C23H32N2O8. The highest BCUT2D eigenvalue weighted by Crippen LogP contribution is 2.29. The minimum absolute atomic E-state index is 0.0197. The molecule has 1 aliphatic heterocycles. The second-order valence-corrected chi connectivity index (χ2v) is 8.78. The lowest BCUT2D eigenvalue weighted by molar-refractivity contribution is -0.214. The van der Waals surface area contributed by atoms with E-state index in [0.717, 1.165) is 5.56 Å². The molecule has 33 heavy (non-hydrogen) atoms. The average molecular weight is 465 g/mol. The van der Waals surface area contributed by atoms with Crippen molar-refractivity contribution >= 4 is 24.0 Å². The van der Waals surface area contributed by atoms with Gasteiger partial charge in [0.1, 0.15) is 11.7 Å². The third-order valence-electron chi connectivity index (χ3n) is 4.81. The fraction of sp³-hybridized carbons (Fsp3) is 0.565. The number of methoxy groups -OCH3 is 1. The molecule has 0 spiro atoms. The molecule has 1 heterocycles. The molecule has 10 nitrogen and oxygen atoms in total. The molecule has 182 valence electrons. The van der Waals surface area contributed by atoms with Crippen LogP contribution >= 0.6 is 0 Å². The average Bonchev–Trinajstić information content (AvgIpc) is 3.09. The Morgan fingerprint density at radius 3 is 2.24 bits per heavy atom. The summed E-state index contributed by atoms with van der Waals surface area (Å²) in [7, 11) is 1.21. The largest absolute Gasteiger partial charge is 0.468 e. The summed E-state index contributed by atoms with van der Waals surface area (Å²) >= 11 is 0. The Bertz CT molecular complexity index is 852. The Morgan fingerprint density at radius 2 is 1.73 bits per heavy atom. The van der Waals surface area contributed by atoms with Crippen LogP contribution in [-0.2, 0) is 40.0 Å². The molecule has 0 N–H and O–H groups in total. The van der Waals surface area contributed by atoms with Gasteiger partial charge in [0.25, 0.3) is 0 Å². The van der Waals surface area contributed by atoms with Gasteiger partial charge in [-0.05, 0) is 26.3 Å². The van der Waals surface area contributed by atoms with Gasteiger partial charge >= 0.3 is 24.0 Å². The first kappa shape index (κ1) is 26.1. The summed E-state index contributed by atoms with van der Waals surface area (Å²) in [6.07, 6.45) is -1.22. The number of benzene rings is 1. The number of ether oxygens (including phenoxy) is 3. The van der Waals surface area contributed by atoms with E-state index >= 15 is 0 Å². The number of carbonyl (C=O) groups is 4. The third-order valence-corrected chi connectivity index (χ3v) is 4.81. The van der Waals surface area contributed by atoms with Gasteiger partial charge in [-0.3, -0.25) is 19.3 Å². The van der Waals surface area contributed by atoms with Crippen LogP contribution in [0.15, 0.2) is 30.3 Å². The Morgan fingerprint density at radius 1 is 1.09 bits per heavy atom. The topological polar surface area (TPSA) is 112 Å². The molecule has 0 radical (unpaired) electrons. The number of hydrogen-bond acceptors (Lipinski definition) is 9. The predicted octanol–water partition coefficient (Wildman–Crippen LogP) is 2.45. The number of hydroxylamine groups is 2. The second-order valence-electron chi connectivity index (χ2n) is 8.78. The van der Waals surface area contributed by atoms with E-state index in [2.05, 4.69) is 0 Å². The molecule has 1 fully saturated rings. The van der Waals surface area contributed by atoms with Crippen LogP contribution in [0.5, 0.6) is 0 Å². The van der Waals surface area contributed by atoms with Crippen LogP contribution in [0.25, 0.3) is 0 Å². The molecule has 0 aliphatic carbocycles. The van der Waals surface area contributed by atoms with Crippen LogP contribution in [0.1, 0.15) is 46.6 Å². The third kappa shape index (κ3) is 7.74. The Balaban J connectivity index is 2.45. The molecule has 10 heteroatoms. The Hall–Kier alpha value is -3.14. The van der Waals surface area contributed by atoms with Gasteiger partial charge in [-0.25, -0.2) is 4.79 Å². The monoisotopic (exact) mass is 464 g/mol. The summed E-state index contributed by atoms with van der Waals surface area (Å²) in [6, 6.07) is 7.05. The van der Waals surface area contributed by atoms with Crippen molar-refractivity contribution in [3.8, 4) is 0 Å². The first-order valence-corrected chi connectivity index (χ1v) is 10.6. The van der Waals surface area contributed by atoms with E-state index in [1.807, 2.05) is 30.3 Å². The van der Waals surface area contributed by atoms with Crippen molar-refractivity contribution in [1.82, 2.24) is 9.96 Å². The minimum atomic E-state index is -1.19. The zero-order valence-corrected chi connectivity index (χ0v) is 19.9. The first-order valence-electron chi connectivity index (χ1n) is 10.6. The quantitative estimate of drug-likeness (QED) is 0.341. The Kier molecular flexibility index (Phi) is 8.81. The number of esters is 2. The maximum Gasteiger partial charge on any atom is 0.410 e. The Labute approximate surface area is 193 Å². The molecule has 1 aromatic rings. The van der Waals surface area contributed by atoms with E-state index in [4.69, 9.17) is 19.0 Å². The molecule has 0 unspecified atom stereocenters. The molecule has 1 saturated heterocycles. The molecule has 1 aromatic carbocycles. The van der Waals surface area contributed by atoms with Crippen molar-refractivity contribution < 1.29 is 38.2 Å². The van der Waals surface area contributed by atoms with E-state index in [9.17, 15) is 19.2 Å². The zero-order valence-electron chi connectivity index (χ0n) is 19.9. The SMILES string of the molecule is COC(=O)[C@@H]([C@@H]1C[C@@H](OC(C)=O)CN1C(=O)OC(C)(C)C)N(Cc1ccccc1)OC(C)=O. The number of amides is 1. The normalized spacial score (nSPS) is 19.1. The molecular weight excluding hydrogens is 432 g/mol.